The summed E-state index contributed by atoms with van der Waals surface area (Å²) in [6.07, 6.45) is 9.86. The van der Waals surface area contributed by atoms with Crippen molar-refractivity contribution in [3.63, 3.8) is 0 Å². The number of guanidine groups is 1. The number of nitrogens with zero attached hydrogens (tertiary/aromatic N) is 4. The Bertz CT molecular complexity index is 474. The predicted octanol–water partition coefficient (Wildman–Crippen LogP) is 2.96. The van der Waals surface area contributed by atoms with Crippen LogP contribution in [0.15, 0.2) is 11.3 Å². The van der Waals surface area contributed by atoms with Crippen molar-refractivity contribution in [2.24, 2.45) is 10.9 Å². The Balaban J connectivity index is 2.51. The van der Waals surface area contributed by atoms with Crippen molar-refractivity contribution < 1.29 is 0 Å². The van der Waals surface area contributed by atoms with Crippen molar-refractivity contribution in [1.82, 2.24) is 25.4 Å². The van der Waals surface area contributed by atoms with E-state index in [-0.39, 0.29) is 0 Å². The Kier molecular flexibility index (Phi) is 12.2. The molecule has 0 aliphatic rings. The van der Waals surface area contributed by atoms with E-state index in [1.54, 1.807) is 6.33 Å². The molecule has 1 aromatic heterocycles. The van der Waals surface area contributed by atoms with Gasteiger partial charge in [-0.25, -0.2) is 0 Å². The Morgan fingerprint density at radius 3 is 2.76 bits per heavy atom. The van der Waals surface area contributed by atoms with Crippen LogP contribution in [-0.4, -0.2) is 52.4 Å². The lowest BCUT2D eigenvalue weighted by Crippen LogP contribution is -2.40. The summed E-state index contributed by atoms with van der Waals surface area (Å²) in [6, 6.07) is 0. The first kappa shape index (κ1) is 21.8. The molecule has 0 saturated heterocycles. The number of hydrogen-bond acceptors (Lipinski definition) is 4. The first-order valence-corrected chi connectivity index (χ1v) is 11.0. The van der Waals surface area contributed by atoms with Crippen LogP contribution in [0.3, 0.4) is 0 Å². The zero-order valence-electron chi connectivity index (χ0n) is 16.4. The highest BCUT2D eigenvalue weighted by atomic mass is 32.2. The third-order valence-electron chi connectivity index (χ3n) is 4.31. The molecule has 0 radical (unpaired) electrons. The molecule has 0 aliphatic carbocycles. The number of nitrogens with one attached hydrogen (secondary N) is 2. The van der Waals surface area contributed by atoms with Gasteiger partial charge >= 0.3 is 0 Å². The van der Waals surface area contributed by atoms with Crippen molar-refractivity contribution in [3.8, 4) is 0 Å². The number of hydrogen-bond donors (Lipinski definition) is 2. The summed E-state index contributed by atoms with van der Waals surface area (Å²) in [6.45, 7) is 10.1. The molecule has 0 amide bonds. The van der Waals surface area contributed by atoms with Gasteiger partial charge in [-0.1, -0.05) is 40.0 Å². The Hall–Kier alpha value is -1.24. The SMILES string of the molecule is CCCCC(CC)CN=C(NCCSC)NCCn1cnnc1CC. The summed E-state index contributed by atoms with van der Waals surface area (Å²) < 4.78 is 2.10. The van der Waals surface area contributed by atoms with Crippen LogP contribution >= 0.6 is 11.8 Å². The zero-order valence-corrected chi connectivity index (χ0v) is 17.2. The number of thioether (sulfide) groups is 1. The molecule has 0 saturated carbocycles. The minimum atomic E-state index is 0.684. The topological polar surface area (TPSA) is 67.1 Å². The smallest absolute Gasteiger partial charge is 0.191 e. The first-order chi connectivity index (χ1) is 12.2. The molecule has 1 unspecified atom stereocenters. The summed E-state index contributed by atoms with van der Waals surface area (Å²) in [7, 11) is 0. The number of aliphatic imine (C=N–C) groups is 1. The Labute approximate surface area is 157 Å². The van der Waals surface area contributed by atoms with E-state index in [0.29, 0.717) is 5.92 Å². The maximum Gasteiger partial charge on any atom is 0.191 e. The number of aryl methyl sites for hydroxylation is 1. The normalized spacial score (nSPS) is 13.0. The molecule has 0 aromatic carbocycles. The van der Waals surface area contributed by atoms with Gasteiger partial charge in [0.15, 0.2) is 5.96 Å². The zero-order chi connectivity index (χ0) is 18.3. The molecule has 1 atom stereocenters. The number of unbranched alkanes of at least 4 members (excludes halogenated alkanes) is 1. The average Bonchev–Trinajstić information content (AvgIpc) is 3.09. The van der Waals surface area contributed by atoms with Gasteiger partial charge in [-0.2, -0.15) is 11.8 Å². The molecule has 25 heavy (non-hydrogen) atoms. The maximum absolute atomic E-state index is 4.83. The molecule has 1 heterocycles. The molecule has 7 heteroatoms. The van der Waals surface area contributed by atoms with E-state index in [0.717, 1.165) is 50.1 Å². The fourth-order valence-electron chi connectivity index (χ4n) is 2.62. The molecule has 144 valence electrons. The highest BCUT2D eigenvalue weighted by molar-refractivity contribution is 7.98. The second-order valence-corrected chi connectivity index (χ2v) is 7.23. The minimum absolute atomic E-state index is 0.684. The van der Waals surface area contributed by atoms with Gasteiger partial charge in [0.2, 0.25) is 0 Å². The van der Waals surface area contributed by atoms with Crippen LogP contribution in [0.5, 0.6) is 0 Å². The maximum atomic E-state index is 4.83. The third kappa shape index (κ3) is 9.14. The lowest BCUT2D eigenvalue weighted by molar-refractivity contribution is 0.461. The Morgan fingerprint density at radius 1 is 1.28 bits per heavy atom. The molecule has 2 N–H and O–H groups in total. The van der Waals surface area contributed by atoms with E-state index in [9.17, 15) is 0 Å². The van der Waals surface area contributed by atoms with Crippen molar-refractivity contribution in [1.29, 1.82) is 0 Å². The van der Waals surface area contributed by atoms with E-state index >= 15 is 0 Å². The van der Waals surface area contributed by atoms with E-state index in [4.69, 9.17) is 4.99 Å². The second kappa shape index (κ2) is 14.0. The lowest BCUT2D eigenvalue weighted by Gasteiger charge is -2.16. The van der Waals surface area contributed by atoms with Crippen LogP contribution in [0.25, 0.3) is 0 Å². The van der Waals surface area contributed by atoms with Crippen LogP contribution in [0.2, 0.25) is 0 Å². The quantitative estimate of drug-likeness (QED) is 0.318. The van der Waals surface area contributed by atoms with E-state index in [1.165, 1.54) is 25.7 Å². The molecular weight excluding hydrogens is 332 g/mol. The van der Waals surface area contributed by atoms with Crippen LogP contribution in [0, 0.1) is 5.92 Å². The van der Waals surface area contributed by atoms with E-state index in [1.807, 2.05) is 11.8 Å². The fraction of sp³-hybridized carbons (Fsp3) is 0.833. The van der Waals surface area contributed by atoms with Crippen molar-refractivity contribution in [3.05, 3.63) is 12.2 Å². The Morgan fingerprint density at radius 2 is 2.08 bits per heavy atom. The molecule has 0 aliphatic heterocycles. The molecule has 6 nitrogen and oxygen atoms in total. The summed E-state index contributed by atoms with van der Waals surface area (Å²) in [4.78, 5) is 4.83. The van der Waals surface area contributed by atoms with Crippen molar-refractivity contribution in [2.75, 3.05) is 31.6 Å². The van der Waals surface area contributed by atoms with Gasteiger partial charge in [-0.3, -0.25) is 4.99 Å². The van der Waals surface area contributed by atoms with Crippen LogP contribution in [0.1, 0.15) is 52.3 Å². The van der Waals surface area contributed by atoms with Crippen molar-refractivity contribution in [2.45, 2.75) is 59.4 Å². The average molecular weight is 369 g/mol. The lowest BCUT2D eigenvalue weighted by atomic mass is 10.00. The van der Waals surface area contributed by atoms with Crippen LogP contribution in [0.4, 0.5) is 0 Å². The van der Waals surface area contributed by atoms with Gasteiger partial charge in [0.05, 0.1) is 0 Å². The highest BCUT2D eigenvalue weighted by Gasteiger charge is 2.07. The van der Waals surface area contributed by atoms with Gasteiger partial charge in [0.25, 0.3) is 0 Å². The molecule has 0 bridgehead atoms. The van der Waals surface area contributed by atoms with Gasteiger partial charge in [-0.05, 0) is 18.6 Å². The number of aromatic nitrogens is 3. The fourth-order valence-corrected chi connectivity index (χ4v) is 2.92. The summed E-state index contributed by atoms with van der Waals surface area (Å²) in [5, 5.41) is 15.0. The van der Waals surface area contributed by atoms with Crippen LogP contribution < -0.4 is 10.6 Å². The molecular formula is C18H36N6S. The molecule has 0 fully saturated rings. The summed E-state index contributed by atoms with van der Waals surface area (Å²) in [5.74, 6) is 3.72. The van der Waals surface area contributed by atoms with Gasteiger partial charge in [-0.15, -0.1) is 10.2 Å². The highest BCUT2D eigenvalue weighted by Crippen LogP contribution is 2.12. The minimum Gasteiger partial charge on any atom is -0.356 e. The third-order valence-corrected chi connectivity index (χ3v) is 4.92. The second-order valence-electron chi connectivity index (χ2n) is 6.25. The van der Waals surface area contributed by atoms with Gasteiger partial charge in [0.1, 0.15) is 12.2 Å². The molecule has 0 spiro atoms. The molecule has 1 rings (SSSR count). The van der Waals surface area contributed by atoms with Gasteiger partial charge < -0.3 is 15.2 Å². The predicted molar refractivity (Wildman–Crippen MR) is 109 cm³/mol. The summed E-state index contributed by atoms with van der Waals surface area (Å²) >= 11 is 1.84. The van der Waals surface area contributed by atoms with Crippen molar-refractivity contribution >= 4 is 17.7 Å². The number of rotatable bonds is 13. The van der Waals surface area contributed by atoms with E-state index < -0.39 is 0 Å². The van der Waals surface area contributed by atoms with Crippen LogP contribution in [-0.2, 0) is 13.0 Å². The first-order valence-electron chi connectivity index (χ1n) is 9.62. The standard InChI is InChI=1S/C18H36N6S/c1-5-8-9-16(6-2)14-21-18(20-11-13-25-4)19-10-12-24-15-22-23-17(24)7-3/h15-16H,5-14H2,1-4H3,(H2,19,20,21). The monoisotopic (exact) mass is 368 g/mol. The largest absolute Gasteiger partial charge is 0.356 e. The summed E-state index contributed by atoms with van der Waals surface area (Å²) in [5.41, 5.74) is 0. The molecule has 1 aromatic rings. The van der Waals surface area contributed by atoms with Gasteiger partial charge in [0, 0.05) is 38.4 Å². The van der Waals surface area contributed by atoms with E-state index in [2.05, 4.69) is 52.4 Å².